The number of hydrogen-bond acceptors (Lipinski definition) is 7. The monoisotopic (exact) mass is 350 g/mol. The highest BCUT2D eigenvalue weighted by Crippen LogP contribution is 2.36. The number of nitrogens with two attached hydrogens (primary N) is 2. The number of carboxylic acid groups (broad SMARTS) is 1. The molecule has 0 saturated heterocycles. The fourth-order valence-electron chi connectivity index (χ4n) is 1.01. The molecule has 0 aliphatic rings. The Labute approximate surface area is 129 Å². The van der Waals surface area contributed by atoms with Crippen LogP contribution in [0.5, 0.6) is 0 Å². The van der Waals surface area contributed by atoms with Gasteiger partial charge in [-0.05, 0) is 12.1 Å². The third kappa shape index (κ3) is 8.78. The topological polar surface area (TPSA) is 210 Å². The van der Waals surface area contributed by atoms with Crippen LogP contribution in [0.4, 0.5) is 0 Å². The highest BCUT2D eigenvalue weighted by atomic mass is 31.2. The van der Waals surface area contributed by atoms with Crippen LogP contribution in [-0.2, 0) is 13.9 Å². The maximum atomic E-state index is 10.6. The van der Waals surface area contributed by atoms with E-state index in [9.17, 15) is 18.9 Å². The average molecular weight is 350 g/mol. The summed E-state index contributed by atoms with van der Waals surface area (Å²) in [5.41, 5.74) is 7.66. The number of carboxylic acids is 1. The molecule has 11 nitrogen and oxygen atoms in total. The Morgan fingerprint density at radius 1 is 1.35 bits per heavy atom. The summed E-state index contributed by atoms with van der Waals surface area (Å²) >= 11 is 0. The number of aliphatic hydroxyl groups is 1. The molecule has 0 aromatic heterocycles. The molecule has 1 aromatic rings. The van der Waals surface area contributed by atoms with Crippen LogP contribution in [0.2, 0.25) is 0 Å². The van der Waals surface area contributed by atoms with E-state index in [2.05, 4.69) is 10.3 Å². The molecule has 23 heavy (non-hydrogen) atoms. The molecule has 0 aliphatic carbocycles. The van der Waals surface area contributed by atoms with E-state index in [-0.39, 0.29) is 0 Å². The number of aliphatic carboxylic acids is 1. The van der Waals surface area contributed by atoms with Crippen molar-refractivity contribution >= 4 is 26.0 Å². The molecule has 0 heterocycles. The van der Waals surface area contributed by atoms with Crippen molar-refractivity contribution < 1.29 is 43.5 Å². The smallest absolute Gasteiger partial charge is 0.469 e. The zero-order valence-electron chi connectivity index (χ0n) is 11.5. The fraction of sp³-hybridized carbons (Fsp3) is 0.182. The molecular weight excluding hydrogens is 335 g/mol. The second-order valence-corrected chi connectivity index (χ2v) is 5.34. The van der Waals surface area contributed by atoms with Crippen LogP contribution in [0.1, 0.15) is 20.7 Å². The number of phosphoric ester groups is 1. The van der Waals surface area contributed by atoms with Crippen molar-refractivity contribution in [3.05, 3.63) is 35.4 Å². The van der Waals surface area contributed by atoms with Crippen LogP contribution in [0.25, 0.3) is 0 Å². The zero-order valence-corrected chi connectivity index (χ0v) is 12.4. The van der Waals surface area contributed by atoms with Crippen molar-refractivity contribution in [3.8, 4) is 0 Å². The average Bonchev–Trinajstić information content (AvgIpc) is 2.45. The maximum absolute atomic E-state index is 10.6. The summed E-state index contributed by atoms with van der Waals surface area (Å²) in [6.07, 6.45) is 0.673. The zero-order chi connectivity index (χ0) is 18.3. The van der Waals surface area contributed by atoms with Gasteiger partial charge in [-0.3, -0.25) is 19.8 Å². The summed E-state index contributed by atoms with van der Waals surface area (Å²) in [5, 5.41) is 16.8. The van der Waals surface area contributed by atoms with Gasteiger partial charge in [-0.15, -0.1) is 0 Å². The van der Waals surface area contributed by atoms with E-state index in [4.69, 9.17) is 25.7 Å². The lowest BCUT2D eigenvalue weighted by atomic mass is 10.1. The van der Waals surface area contributed by atoms with Gasteiger partial charge in [0.05, 0.1) is 0 Å². The number of benzene rings is 1. The Morgan fingerprint density at radius 3 is 2.30 bits per heavy atom. The first-order chi connectivity index (χ1) is 10.4. The van der Waals surface area contributed by atoms with E-state index in [1.807, 2.05) is 0 Å². The number of phosphoric acid groups is 1. The van der Waals surface area contributed by atoms with Crippen molar-refractivity contribution in [1.29, 1.82) is 0 Å². The lowest BCUT2D eigenvalue weighted by Crippen LogP contribution is -2.51. The number of amides is 1. The third-order valence-corrected chi connectivity index (χ3v) is 2.60. The van der Waals surface area contributed by atoms with Gasteiger partial charge in [0, 0.05) is 11.1 Å². The lowest BCUT2D eigenvalue weighted by molar-refractivity contribution is -0.161. The van der Waals surface area contributed by atoms with Crippen LogP contribution in [0, 0.1) is 0 Å². The van der Waals surface area contributed by atoms with Gasteiger partial charge in [0.15, 0.2) is 0 Å². The first kappa shape index (κ1) is 20.9. The molecule has 1 atom stereocenters. The van der Waals surface area contributed by atoms with Gasteiger partial charge in [-0.25, -0.2) is 9.36 Å². The van der Waals surface area contributed by atoms with E-state index >= 15 is 0 Å². The number of carbonyl (C=O) groups excluding carboxylic acids is 2. The SMILES string of the molecule is NC(=O)c1cccc(C=O)c1.N[C@@](O)(COP(=O)(O)O)C(=O)O. The van der Waals surface area contributed by atoms with Crippen LogP contribution >= 0.6 is 7.82 Å². The van der Waals surface area contributed by atoms with Crippen LogP contribution < -0.4 is 11.5 Å². The summed E-state index contributed by atoms with van der Waals surface area (Å²) in [7, 11) is -4.81. The Hall–Kier alpha value is -2.14. The van der Waals surface area contributed by atoms with Gasteiger partial charge >= 0.3 is 13.8 Å². The maximum Gasteiger partial charge on any atom is 0.469 e. The molecule has 0 aliphatic heterocycles. The van der Waals surface area contributed by atoms with E-state index in [0.29, 0.717) is 17.4 Å². The second kappa shape index (κ2) is 8.48. The predicted molar refractivity (Wildman–Crippen MR) is 75.1 cm³/mol. The molecule has 128 valence electrons. The Balaban J connectivity index is 0.000000422. The van der Waals surface area contributed by atoms with E-state index in [1.54, 1.807) is 18.2 Å². The number of rotatable bonds is 6. The molecule has 0 spiro atoms. The first-order valence-electron chi connectivity index (χ1n) is 5.69. The highest BCUT2D eigenvalue weighted by Gasteiger charge is 2.34. The van der Waals surface area contributed by atoms with Gasteiger partial charge < -0.3 is 25.7 Å². The number of carbonyl (C=O) groups is 3. The predicted octanol–water partition coefficient (Wildman–Crippen LogP) is -1.57. The van der Waals surface area contributed by atoms with Crippen LogP contribution in [-0.4, -0.2) is 50.5 Å². The normalized spacial score (nSPS) is 13.2. The largest absolute Gasteiger partial charge is 0.478 e. The molecule has 12 heteroatoms. The quantitative estimate of drug-likeness (QED) is 0.197. The van der Waals surface area contributed by atoms with Crippen molar-refractivity contribution in [2.75, 3.05) is 6.61 Å². The molecule has 1 aromatic carbocycles. The molecule has 0 bridgehead atoms. The number of primary amides is 1. The minimum Gasteiger partial charge on any atom is -0.478 e. The third-order valence-electron chi connectivity index (χ3n) is 2.13. The van der Waals surface area contributed by atoms with Crippen LogP contribution in [0.3, 0.4) is 0 Å². The summed E-state index contributed by atoms with van der Waals surface area (Å²) in [4.78, 5) is 47.0. The van der Waals surface area contributed by atoms with Gasteiger partial charge in [0.1, 0.15) is 12.9 Å². The van der Waals surface area contributed by atoms with Gasteiger partial charge in [-0.2, -0.15) is 0 Å². The summed E-state index contributed by atoms with van der Waals surface area (Å²) in [6.45, 7) is -1.19. The van der Waals surface area contributed by atoms with Gasteiger partial charge in [0.25, 0.3) is 0 Å². The Morgan fingerprint density at radius 2 is 1.91 bits per heavy atom. The van der Waals surface area contributed by atoms with Crippen molar-refractivity contribution in [2.45, 2.75) is 5.72 Å². The molecule has 1 amide bonds. The molecule has 1 rings (SSSR count). The Kier molecular flexibility index (Phi) is 7.69. The summed E-state index contributed by atoms with van der Waals surface area (Å²) in [6, 6.07) is 6.24. The van der Waals surface area contributed by atoms with Gasteiger partial charge in [-0.1, -0.05) is 12.1 Å². The van der Waals surface area contributed by atoms with E-state index in [1.165, 1.54) is 6.07 Å². The standard InChI is InChI=1S/C8H7NO2.C3H8NO7P/c9-8(11)7-3-1-2-6(4-7)5-10;4-3(7,2(5)6)1-11-12(8,9)10/h1-5H,(H2,9,11);7H,1,4H2,(H,5,6)(H2,8,9,10)/t;3-/m.1/s1. The van der Waals surface area contributed by atoms with E-state index in [0.717, 1.165) is 0 Å². The minimum absolute atomic E-state index is 0.356. The minimum atomic E-state index is -4.81. The Bertz CT molecular complexity index is 626. The lowest BCUT2D eigenvalue weighted by Gasteiger charge is -2.17. The molecule has 0 unspecified atom stereocenters. The molecule has 0 saturated carbocycles. The molecule has 0 fully saturated rings. The van der Waals surface area contributed by atoms with Crippen LogP contribution in [0.15, 0.2) is 24.3 Å². The molecular formula is C11H15N2O9P. The summed E-state index contributed by atoms with van der Waals surface area (Å²) in [5.74, 6) is -2.36. The van der Waals surface area contributed by atoms with Gasteiger partial charge in [0.2, 0.25) is 11.6 Å². The number of hydrogen-bond donors (Lipinski definition) is 6. The second-order valence-electron chi connectivity index (χ2n) is 4.10. The molecule has 0 radical (unpaired) electrons. The molecule has 8 N–H and O–H groups in total. The fourth-order valence-corrected chi connectivity index (χ4v) is 1.37. The van der Waals surface area contributed by atoms with Crippen molar-refractivity contribution in [3.63, 3.8) is 0 Å². The van der Waals surface area contributed by atoms with E-state index < -0.39 is 32.0 Å². The highest BCUT2D eigenvalue weighted by molar-refractivity contribution is 7.46. The first-order valence-corrected chi connectivity index (χ1v) is 7.22. The van der Waals surface area contributed by atoms with Crippen molar-refractivity contribution in [2.24, 2.45) is 11.5 Å². The summed E-state index contributed by atoms with van der Waals surface area (Å²) < 4.78 is 13.7. The van der Waals surface area contributed by atoms with Crippen molar-refractivity contribution in [1.82, 2.24) is 0 Å². The number of aldehydes is 1.